The number of H-pyrrole nitrogens is 1. The maximum Gasteiger partial charge on any atom is 0.181 e. The molecule has 0 aliphatic heterocycles. The zero-order valence-corrected chi connectivity index (χ0v) is 13.2. The van der Waals surface area contributed by atoms with Crippen LogP contribution in [-0.2, 0) is 4.79 Å². The second-order valence-electron chi connectivity index (χ2n) is 6.91. The lowest BCUT2D eigenvalue weighted by atomic mass is 9.71. The molecular weight excluding hydrogens is 284 g/mol. The molecule has 21 heavy (non-hydrogen) atoms. The van der Waals surface area contributed by atoms with Crippen molar-refractivity contribution in [1.82, 2.24) is 19.9 Å². The van der Waals surface area contributed by atoms with Crippen LogP contribution in [0.4, 0.5) is 0 Å². The Morgan fingerprint density at radius 3 is 2.81 bits per heavy atom. The molecule has 0 unspecified atom stereocenters. The van der Waals surface area contributed by atoms with Crippen LogP contribution in [0.5, 0.6) is 0 Å². The molecule has 2 bridgehead atoms. The Morgan fingerprint density at radius 1 is 1.29 bits per heavy atom. The van der Waals surface area contributed by atoms with E-state index < -0.39 is 0 Å². The quantitative estimate of drug-likeness (QED) is 0.864. The number of nitrogens with zero attached hydrogens (tertiary/aromatic N) is 3. The van der Waals surface area contributed by atoms with Gasteiger partial charge in [-0.05, 0) is 23.7 Å². The number of Topliss-reactive ketones (excluding diaryl/α,β-unsaturated/α-hetero) is 1. The van der Waals surface area contributed by atoms with Gasteiger partial charge < -0.3 is 4.98 Å². The summed E-state index contributed by atoms with van der Waals surface area (Å²) in [5.41, 5.74) is 1.60. The smallest absolute Gasteiger partial charge is 0.181 e. The van der Waals surface area contributed by atoms with Crippen LogP contribution < -0.4 is 0 Å². The van der Waals surface area contributed by atoms with E-state index in [1.54, 1.807) is 18.1 Å². The average Bonchev–Trinajstić information content (AvgIpc) is 3.03. The Bertz CT molecular complexity index is 740. The van der Waals surface area contributed by atoms with E-state index in [1.165, 1.54) is 6.33 Å². The number of aromatic nitrogens is 4. The number of thioether (sulfide) groups is 1. The van der Waals surface area contributed by atoms with Gasteiger partial charge in [-0.25, -0.2) is 15.0 Å². The third-order valence-electron chi connectivity index (χ3n) is 5.89. The first-order valence-electron chi connectivity index (χ1n) is 7.29. The molecule has 1 N–H and O–H groups in total. The second kappa shape index (κ2) is 4.06. The Balaban J connectivity index is 1.75. The highest BCUT2D eigenvalue weighted by Crippen LogP contribution is 2.67. The lowest BCUT2D eigenvalue weighted by Crippen LogP contribution is -2.35. The summed E-state index contributed by atoms with van der Waals surface area (Å²) in [5.74, 6) is 0.587. The number of nitrogens with one attached hydrogen (secondary N) is 1. The predicted molar refractivity (Wildman–Crippen MR) is 80.9 cm³/mol. The maximum absolute atomic E-state index is 12.8. The molecule has 0 spiro atoms. The molecule has 0 radical (unpaired) electrons. The lowest BCUT2D eigenvalue weighted by Gasteiger charge is -2.37. The fourth-order valence-electron chi connectivity index (χ4n) is 4.12. The highest BCUT2D eigenvalue weighted by molar-refractivity contribution is 8.00. The van der Waals surface area contributed by atoms with Crippen molar-refractivity contribution in [2.75, 3.05) is 0 Å². The van der Waals surface area contributed by atoms with Gasteiger partial charge in [0.15, 0.2) is 5.65 Å². The van der Waals surface area contributed by atoms with Crippen molar-refractivity contribution >= 4 is 28.7 Å². The Kier molecular flexibility index (Phi) is 2.56. The van der Waals surface area contributed by atoms with E-state index >= 15 is 0 Å². The van der Waals surface area contributed by atoms with Crippen LogP contribution in [0.3, 0.4) is 0 Å². The van der Waals surface area contributed by atoms with E-state index in [0.29, 0.717) is 11.4 Å². The van der Waals surface area contributed by atoms with Gasteiger partial charge in [0.2, 0.25) is 0 Å². The van der Waals surface area contributed by atoms with Crippen LogP contribution in [0.1, 0.15) is 33.6 Å². The summed E-state index contributed by atoms with van der Waals surface area (Å²) in [4.78, 5) is 28.5. The van der Waals surface area contributed by atoms with Crippen molar-refractivity contribution in [2.24, 2.45) is 16.7 Å². The summed E-state index contributed by atoms with van der Waals surface area (Å²) in [6.07, 6.45) is 5.29. The Labute approximate surface area is 127 Å². The molecule has 2 aromatic heterocycles. The molecule has 0 aromatic carbocycles. The Hall–Kier alpha value is -1.43. The van der Waals surface area contributed by atoms with E-state index in [0.717, 1.165) is 23.4 Å². The molecule has 4 rings (SSSR count). The van der Waals surface area contributed by atoms with Gasteiger partial charge in [-0.2, -0.15) is 0 Å². The highest BCUT2D eigenvalue weighted by atomic mass is 32.2. The number of rotatable bonds is 2. The molecule has 2 aliphatic carbocycles. The third kappa shape index (κ3) is 1.54. The largest absolute Gasteiger partial charge is 0.341 e. The zero-order valence-electron chi connectivity index (χ0n) is 12.4. The molecule has 3 atom stereocenters. The summed E-state index contributed by atoms with van der Waals surface area (Å²) >= 11 is 1.59. The van der Waals surface area contributed by atoms with Gasteiger partial charge in [-0.1, -0.05) is 32.5 Å². The van der Waals surface area contributed by atoms with Crippen molar-refractivity contribution in [1.29, 1.82) is 0 Å². The molecule has 2 aliphatic rings. The van der Waals surface area contributed by atoms with Gasteiger partial charge in [0.25, 0.3) is 0 Å². The summed E-state index contributed by atoms with van der Waals surface area (Å²) in [5, 5.41) is 0.813. The molecule has 2 heterocycles. The number of imidazole rings is 1. The van der Waals surface area contributed by atoms with Crippen LogP contribution in [0.25, 0.3) is 11.2 Å². The van der Waals surface area contributed by atoms with E-state index in [-0.39, 0.29) is 22.0 Å². The van der Waals surface area contributed by atoms with Gasteiger partial charge in [-0.15, -0.1) is 0 Å². The highest BCUT2D eigenvalue weighted by Gasteiger charge is 2.66. The van der Waals surface area contributed by atoms with E-state index in [2.05, 4.69) is 40.7 Å². The van der Waals surface area contributed by atoms with E-state index in [9.17, 15) is 4.79 Å². The molecule has 0 saturated heterocycles. The summed E-state index contributed by atoms with van der Waals surface area (Å²) in [6.45, 7) is 6.75. The van der Waals surface area contributed by atoms with E-state index in [1.807, 2.05) is 0 Å². The van der Waals surface area contributed by atoms with Gasteiger partial charge in [0.05, 0.1) is 11.6 Å². The van der Waals surface area contributed by atoms with Crippen LogP contribution in [-0.4, -0.2) is 31.0 Å². The summed E-state index contributed by atoms with van der Waals surface area (Å²) in [6, 6.07) is 0. The van der Waals surface area contributed by atoms with E-state index in [4.69, 9.17) is 0 Å². The van der Waals surface area contributed by atoms with Gasteiger partial charge in [0.1, 0.15) is 22.7 Å². The van der Waals surface area contributed by atoms with Crippen LogP contribution in [0.15, 0.2) is 17.7 Å². The number of hydrogen-bond donors (Lipinski definition) is 1. The molecule has 2 fully saturated rings. The minimum Gasteiger partial charge on any atom is -0.341 e. The minimum absolute atomic E-state index is 0.0207. The molecule has 6 heteroatoms. The normalized spacial score (nSPS) is 34.0. The number of carbonyl (C=O) groups excluding carboxylic acids is 1. The first-order valence-corrected chi connectivity index (χ1v) is 8.17. The number of ketones is 1. The first-order chi connectivity index (χ1) is 9.95. The maximum atomic E-state index is 12.8. The van der Waals surface area contributed by atoms with Crippen LogP contribution in [0, 0.1) is 16.7 Å². The molecule has 5 nitrogen and oxygen atoms in total. The minimum atomic E-state index is -0.0207. The fourth-order valence-corrected chi connectivity index (χ4v) is 5.68. The van der Waals surface area contributed by atoms with Crippen molar-refractivity contribution in [3.05, 3.63) is 12.7 Å². The number of aromatic amines is 1. The average molecular weight is 302 g/mol. The SMILES string of the molecule is CC1(C)[C@H]2CC[C@@]1(C)[C@@H](Sc1ncnc3nc[nH]c13)C2=O. The fraction of sp³-hybridized carbons (Fsp3) is 0.600. The second-order valence-corrected chi connectivity index (χ2v) is 8.00. The van der Waals surface area contributed by atoms with Gasteiger partial charge in [-0.3, -0.25) is 4.79 Å². The monoisotopic (exact) mass is 302 g/mol. The molecular formula is C15H18N4OS. The number of carbonyl (C=O) groups is 1. The summed E-state index contributed by atoms with van der Waals surface area (Å²) < 4.78 is 0. The molecule has 2 saturated carbocycles. The number of hydrogen-bond acceptors (Lipinski definition) is 5. The third-order valence-corrected chi connectivity index (χ3v) is 7.41. The van der Waals surface area contributed by atoms with Gasteiger partial charge in [0, 0.05) is 5.92 Å². The first kappa shape index (κ1) is 13.2. The molecule has 0 amide bonds. The van der Waals surface area contributed by atoms with Crippen molar-refractivity contribution in [3.8, 4) is 0 Å². The topological polar surface area (TPSA) is 71.5 Å². The van der Waals surface area contributed by atoms with Crippen molar-refractivity contribution in [2.45, 2.75) is 43.9 Å². The molecule has 2 aromatic rings. The number of fused-ring (bicyclic) bond motifs is 3. The van der Waals surface area contributed by atoms with Gasteiger partial charge >= 0.3 is 0 Å². The zero-order chi connectivity index (χ0) is 14.8. The molecule has 110 valence electrons. The summed E-state index contributed by atoms with van der Waals surface area (Å²) in [7, 11) is 0. The predicted octanol–water partition coefficient (Wildman–Crippen LogP) is 2.84. The van der Waals surface area contributed by atoms with Crippen molar-refractivity contribution < 1.29 is 4.79 Å². The lowest BCUT2D eigenvalue weighted by molar-refractivity contribution is -0.122. The standard InChI is InChI=1S/C15H18N4OS/c1-14(2)8-4-5-15(14,3)11(10(8)20)21-13-9-12(17-6-16-9)18-7-19-13/h6-8,11H,4-5H2,1-3H3,(H,16,17,18,19)/t8-,11-,15-/m0/s1. The van der Waals surface area contributed by atoms with Crippen molar-refractivity contribution in [3.63, 3.8) is 0 Å². The Morgan fingerprint density at radius 2 is 2.10 bits per heavy atom. The van der Waals surface area contributed by atoms with Crippen LogP contribution >= 0.6 is 11.8 Å². The van der Waals surface area contributed by atoms with Crippen LogP contribution in [0.2, 0.25) is 0 Å².